The van der Waals surface area contributed by atoms with Crippen molar-refractivity contribution in [3.63, 3.8) is 0 Å². The Morgan fingerprint density at radius 2 is 2.12 bits per heavy atom. The predicted molar refractivity (Wildman–Crippen MR) is 110 cm³/mol. The smallest absolute Gasteiger partial charge is 0.191 e. The van der Waals surface area contributed by atoms with Crippen molar-refractivity contribution in [2.24, 2.45) is 4.99 Å². The van der Waals surface area contributed by atoms with E-state index in [-0.39, 0.29) is 29.8 Å². The Labute approximate surface area is 164 Å². The third-order valence-corrected chi connectivity index (χ3v) is 4.18. The van der Waals surface area contributed by atoms with Crippen molar-refractivity contribution in [3.05, 3.63) is 51.7 Å². The van der Waals surface area contributed by atoms with E-state index in [0.29, 0.717) is 13.1 Å². The number of aryl methyl sites for hydroxylation is 1. The first-order chi connectivity index (χ1) is 11.2. The lowest BCUT2D eigenvalue weighted by Crippen LogP contribution is -2.38. The molecule has 132 valence electrons. The lowest BCUT2D eigenvalue weighted by molar-refractivity contribution is 0.625. The molecule has 0 spiro atoms. The van der Waals surface area contributed by atoms with Crippen LogP contribution in [0.3, 0.4) is 0 Å². The number of rotatable bonds is 7. The van der Waals surface area contributed by atoms with Gasteiger partial charge in [0.05, 0.1) is 5.01 Å². The van der Waals surface area contributed by atoms with Gasteiger partial charge in [-0.15, -0.1) is 35.3 Å². The number of nitrogens with one attached hydrogen (secondary N) is 2. The number of aromatic nitrogens is 1. The Morgan fingerprint density at radius 1 is 1.29 bits per heavy atom. The second-order valence-corrected chi connectivity index (χ2v) is 6.50. The molecule has 0 saturated carbocycles. The third kappa shape index (κ3) is 7.57. The van der Waals surface area contributed by atoms with E-state index in [9.17, 15) is 4.39 Å². The number of halogens is 2. The lowest BCUT2D eigenvalue weighted by atomic mass is 10.1. The summed E-state index contributed by atoms with van der Waals surface area (Å²) in [4.78, 5) is 10.1. The zero-order chi connectivity index (χ0) is 16.5. The fourth-order valence-corrected chi connectivity index (χ4v) is 2.92. The minimum atomic E-state index is -0.193. The molecule has 24 heavy (non-hydrogen) atoms. The van der Waals surface area contributed by atoms with Crippen molar-refractivity contribution in [1.82, 2.24) is 15.6 Å². The summed E-state index contributed by atoms with van der Waals surface area (Å²) in [7, 11) is 0. The highest BCUT2D eigenvalue weighted by atomic mass is 127. The average Bonchev–Trinajstić information content (AvgIpc) is 2.93. The number of hydrogen-bond donors (Lipinski definition) is 2. The van der Waals surface area contributed by atoms with Gasteiger partial charge in [-0.05, 0) is 38.0 Å². The molecule has 0 bridgehead atoms. The highest BCUT2D eigenvalue weighted by molar-refractivity contribution is 14.0. The summed E-state index contributed by atoms with van der Waals surface area (Å²) in [5.74, 6) is 0.596. The zero-order valence-electron chi connectivity index (χ0n) is 14.0. The minimum Gasteiger partial charge on any atom is -0.357 e. The summed E-state index contributed by atoms with van der Waals surface area (Å²) in [5.41, 5.74) is 0.978. The highest BCUT2D eigenvalue weighted by Crippen LogP contribution is 2.11. The highest BCUT2D eigenvalue weighted by Gasteiger charge is 2.01. The molecule has 0 amide bonds. The quantitative estimate of drug-likeness (QED) is 0.376. The first-order valence-corrected chi connectivity index (χ1v) is 8.67. The predicted octanol–water partition coefficient (Wildman–Crippen LogP) is 3.55. The van der Waals surface area contributed by atoms with Crippen molar-refractivity contribution in [3.8, 4) is 0 Å². The molecule has 7 heteroatoms. The van der Waals surface area contributed by atoms with Crippen LogP contribution in [0.15, 0.2) is 35.5 Å². The van der Waals surface area contributed by atoms with E-state index < -0.39 is 0 Å². The summed E-state index contributed by atoms with van der Waals surface area (Å²) < 4.78 is 13.1. The van der Waals surface area contributed by atoms with Gasteiger partial charge in [0.25, 0.3) is 0 Å². The van der Waals surface area contributed by atoms with Crippen molar-refractivity contribution in [2.75, 3.05) is 19.6 Å². The van der Waals surface area contributed by atoms with Crippen molar-refractivity contribution >= 4 is 41.3 Å². The summed E-state index contributed by atoms with van der Waals surface area (Å²) in [6.07, 6.45) is 3.50. The molecule has 0 fully saturated rings. The first-order valence-electron chi connectivity index (χ1n) is 7.85. The van der Waals surface area contributed by atoms with Gasteiger partial charge < -0.3 is 10.6 Å². The normalized spacial score (nSPS) is 11.0. The van der Waals surface area contributed by atoms with E-state index in [0.717, 1.165) is 35.9 Å². The molecule has 0 radical (unpaired) electrons. The number of guanidine groups is 1. The molecule has 2 N–H and O–H groups in total. The SMILES string of the molecule is CCNC(=NCCc1ncc(C)s1)NCCc1cccc(F)c1.I. The maximum atomic E-state index is 13.1. The maximum absolute atomic E-state index is 13.1. The van der Waals surface area contributed by atoms with E-state index in [4.69, 9.17) is 0 Å². The molecule has 2 rings (SSSR count). The Balaban J connectivity index is 0.00000288. The van der Waals surface area contributed by atoms with Crippen LogP contribution in [-0.4, -0.2) is 30.6 Å². The van der Waals surface area contributed by atoms with Gasteiger partial charge in [0.15, 0.2) is 5.96 Å². The van der Waals surface area contributed by atoms with Crippen molar-refractivity contribution in [2.45, 2.75) is 26.7 Å². The Bertz CT molecular complexity index is 645. The average molecular weight is 462 g/mol. The van der Waals surface area contributed by atoms with Crippen LogP contribution in [0.5, 0.6) is 0 Å². The van der Waals surface area contributed by atoms with E-state index >= 15 is 0 Å². The molecule has 0 aliphatic heterocycles. The fraction of sp³-hybridized carbons (Fsp3) is 0.412. The Hall–Kier alpha value is -1.22. The molecule has 1 aromatic carbocycles. The molecule has 0 aliphatic rings. The van der Waals surface area contributed by atoms with Gasteiger partial charge in [0.1, 0.15) is 5.82 Å². The fourth-order valence-electron chi connectivity index (χ4n) is 2.14. The van der Waals surface area contributed by atoms with Crippen molar-refractivity contribution < 1.29 is 4.39 Å². The second-order valence-electron chi connectivity index (χ2n) is 5.18. The van der Waals surface area contributed by atoms with Crippen LogP contribution in [0.4, 0.5) is 4.39 Å². The molecule has 4 nitrogen and oxygen atoms in total. The Morgan fingerprint density at radius 3 is 2.79 bits per heavy atom. The van der Waals surface area contributed by atoms with Gasteiger partial charge in [-0.1, -0.05) is 12.1 Å². The molecule has 0 atom stereocenters. The minimum absolute atomic E-state index is 0. The molecular weight excluding hydrogens is 438 g/mol. The van der Waals surface area contributed by atoms with Gasteiger partial charge in [-0.2, -0.15) is 0 Å². The molecule has 1 heterocycles. The van der Waals surface area contributed by atoms with E-state index in [1.54, 1.807) is 23.5 Å². The van der Waals surface area contributed by atoms with E-state index in [2.05, 4.69) is 27.5 Å². The standard InChI is InChI=1S/C17H23FN4S.HI/c1-3-19-17(21-10-8-16-22-12-13(2)23-16)20-9-7-14-5-4-6-15(18)11-14;/h4-6,11-12H,3,7-10H2,1-2H3,(H2,19,20,21);1H. The molecule has 1 aromatic heterocycles. The molecule has 0 aliphatic carbocycles. The van der Waals surface area contributed by atoms with Crippen LogP contribution in [0.2, 0.25) is 0 Å². The van der Waals surface area contributed by atoms with Crippen LogP contribution in [-0.2, 0) is 12.8 Å². The summed E-state index contributed by atoms with van der Waals surface area (Å²) in [5, 5.41) is 7.61. The van der Waals surface area contributed by atoms with Gasteiger partial charge >= 0.3 is 0 Å². The van der Waals surface area contributed by atoms with Gasteiger partial charge in [-0.25, -0.2) is 9.37 Å². The number of aliphatic imine (C=N–C) groups is 1. The first kappa shape index (κ1) is 20.8. The van der Waals surface area contributed by atoms with Crippen LogP contribution in [0.25, 0.3) is 0 Å². The van der Waals surface area contributed by atoms with Gasteiger partial charge in [0.2, 0.25) is 0 Å². The van der Waals surface area contributed by atoms with Crippen LogP contribution < -0.4 is 10.6 Å². The van der Waals surface area contributed by atoms with Gasteiger partial charge in [-0.3, -0.25) is 4.99 Å². The monoisotopic (exact) mass is 462 g/mol. The third-order valence-electron chi connectivity index (χ3n) is 3.20. The van der Waals surface area contributed by atoms with Crippen LogP contribution in [0, 0.1) is 12.7 Å². The number of hydrogen-bond acceptors (Lipinski definition) is 3. The number of nitrogens with zero attached hydrogens (tertiary/aromatic N) is 2. The van der Waals surface area contributed by atoms with E-state index in [1.807, 2.05) is 19.2 Å². The zero-order valence-corrected chi connectivity index (χ0v) is 17.2. The second kappa shape index (κ2) is 11.4. The summed E-state index contributed by atoms with van der Waals surface area (Å²) in [6.45, 7) is 6.31. The summed E-state index contributed by atoms with van der Waals surface area (Å²) >= 11 is 1.71. The topological polar surface area (TPSA) is 49.3 Å². The van der Waals surface area contributed by atoms with E-state index in [1.165, 1.54) is 10.9 Å². The molecular formula is C17H24FIN4S. The molecule has 0 saturated heterocycles. The Kier molecular flexibility index (Phi) is 9.85. The molecule has 2 aromatic rings. The van der Waals surface area contributed by atoms with Crippen LogP contribution in [0.1, 0.15) is 22.4 Å². The van der Waals surface area contributed by atoms with Crippen molar-refractivity contribution in [1.29, 1.82) is 0 Å². The van der Waals surface area contributed by atoms with Crippen LogP contribution >= 0.6 is 35.3 Å². The maximum Gasteiger partial charge on any atom is 0.191 e. The molecule has 0 unspecified atom stereocenters. The number of thiazole rings is 1. The van der Waals surface area contributed by atoms with Gasteiger partial charge in [0, 0.05) is 37.1 Å². The largest absolute Gasteiger partial charge is 0.357 e. The summed E-state index contributed by atoms with van der Waals surface area (Å²) in [6, 6.07) is 6.69. The lowest BCUT2D eigenvalue weighted by Gasteiger charge is -2.11. The number of benzene rings is 1.